The Balaban J connectivity index is 1.55. The minimum atomic E-state index is -0.583. The number of hydrogen-bond acceptors (Lipinski definition) is 3. The van der Waals surface area contributed by atoms with Gasteiger partial charge in [0, 0.05) is 5.69 Å². The highest BCUT2D eigenvalue weighted by Crippen LogP contribution is 2.46. The molecule has 3 atom stereocenters. The molecule has 28 heavy (non-hydrogen) atoms. The molecular formula is C24H23NO3. The van der Waals surface area contributed by atoms with Crippen molar-refractivity contribution in [2.45, 2.75) is 25.0 Å². The van der Waals surface area contributed by atoms with Crippen LogP contribution in [0.25, 0.3) is 0 Å². The molecule has 0 radical (unpaired) electrons. The van der Waals surface area contributed by atoms with Crippen molar-refractivity contribution in [3.8, 4) is 5.75 Å². The fourth-order valence-electron chi connectivity index (χ4n) is 3.94. The van der Waals surface area contributed by atoms with Crippen molar-refractivity contribution in [2.75, 3.05) is 4.90 Å². The predicted molar refractivity (Wildman–Crippen MR) is 109 cm³/mol. The molecule has 3 aromatic carbocycles. The molecule has 0 aliphatic carbocycles. The van der Waals surface area contributed by atoms with Crippen molar-refractivity contribution in [3.05, 3.63) is 96.1 Å². The number of phenols is 1. The minimum absolute atomic E-state index is 0.0736. The van der Waals surface area contributed by atoms with Crippen LogP contribution in [0.3, 0.4) is 0 Å². The molecule has 142 valence electrons. The molecule has 4 rings (SSSR count). The number of hydrogen-bond donors (Lipinski definition) is 2. The van der Waals surface area contributed by atoms with Gasteiger partial charge in [0.2, 0.25) is 5.91 Å². The Morgan fingerprint density at radius 3 is 2.11 bits per heavy atom. The minimum Gasteiger partial charge on any atom is -0.508 e. The number of para-hydroxylation sites is 1. The second-order valence-corrected chi connectivity index (χ2v) is 7.19. The zero-order chi connectivity index (χ0) is 19.5. The lowest BCUT2D eigenvalue weighted by atomic mass is 9.78. The Bertz CT molecular complexity index is 925. The zero-order valence-corrected chi connectivity index (χ0v) is 15.5. The van der Waals surface area contributed by atoms with Crippen LogP contribution >= 0.6 is 0 Å². The highest BCUT2D eigenvalue weighted by molar-refractivity contribution is 6.03. The number of aromatic hydroxyl groups is 1. The van der Waals surface area contributed by atoms with E-state index in [2.05, 4.69) is 0 Å². The molecule has 0 aromatic heterocycles. The molecule has 3 aromatic rings. The molecule has 4 heteroatoms. The van der Waals surface area contributed by atoms with Crippen molar-refractivity contribution >= 4 is 11.6 Å². The van der Waals surface area contributed by atoms with Crippen molar-refractivity contribution in [1.29, 1.82) is 0 Å². The van der Waals surface area contributed by atoms with Crippen molar-refractivity contribution in [3.63, 3.8) is 0 Å². The number of benzene rings is 3. The lowest BCUT2D eigenvalue weighted by molar-refractivity contribution is -0.131. The fourth-order valence-corrected chi connectivity index (χ4v) is 3.94. The van der Waals surface area contributed by atoms with E-state index in [4.69, 9.17) is 0 Å². The molecule has 1 aliphatic rings. The third-order valence-electron chi connectivity index (χ3n) is 5.42. The van der Waals surface area contributed by atoms with Crippen molar-refractivity contribution in [2.24, 2.45) is 5.92 Å². The van der Waals surface area contributed by atoms with Crippen LogP contribution in [0.15, 0.2) is 84.9 Å². The van der Waals surface area contributed by atoms with Crippen LogP contribution in [0, 0.1) is 5.92 Å². The Kier molecular flexibility index (Phi) is 5.13. The predicted octanol–water partition coefficient (Wildman–Crippen LogP) is 4.61. The number of nitrogens with zero attached hydrogens (tertiary/aromatic N) is 1. The van der Waals surface area contributed by atoms with Gasteiger partial charge in [-0.15, -0.1) is 0 Å². The van der Waals surface area contributed by atoms with E-state index < -0.39 is 6.10 Å². The van der Waals surface area contributed by atoms with Gasteiger partial charge in [-0.25, -0.2) is 0 Å². The number of phenolic OH excluding ortho intramolecular Hbond substituents is 1. The summed E-state index contributed by atoms with van der Waals surface area (Å²) in [5.74, 6) is 0.0874. The average Bonchev–Trinajstić information content (AvgIpc) is 2.74. The maximum atomic E-state index is 13.0. The van der Waals surface area contributed by atoms with Crippen molar-refractivity contribution < 1.29 is 15.0 Å². The summed E-state index contributed by atoms with van der Waals surface area (Å²) in [6.45, 7) is 0. The maximum Gasteiger partial charge on any atom is 0.233 e. The zero-order valence-electron chi connectivity index (χ0n) is 15.5. The first-order chi connectivity index (χ1) is 13.6. The summed E-state index contributed by atoms with van der Waals surface area (Å²) in [6, 6.07) is 26.1. The standard InChI is InChI=1S/C24H23NO3/c26-20-13-11-18(12-14-20)23-21(15-16-22(27)17-7-3-1-4-8-17)24(28)25(23)19-9-5-2-6-10-19/h1-14,21-23,26-27H,15-16H2/t21-,22+,23-/m1/s1. The Morgan fingerprint density at radius 2 is 1.46 bits per heavy atom. The van der Waals surface area contributed by atoms with Crippen LogP contribution in [0.2, 0.25) is 0 Å². The van der Waals surface area contributed by atoms with E-state index in [0.29, 0.717) is 12.8 Å². The van der Waals surface area contributed by atoms with E-state index in [1.165, 1.54) is 0 Å². The highest BCUT2D eigenvalue weighted by atomic mass is 16.3. The third kappa shape index (κ3) is 3.51. The number of carbonyl (C=O) groups excluding carboxylic acids is 1. The summed E-state index contributed by atoms with van der Waals surface area (Å²) >= 11 is 0. The summed E-state index contributed by atoms with van der Waals surface area (Å²) < 4.78 is 0. The number of aliphatic hydroxyl groups is 1. The number of amides is 1. The molecule has 0 saturated carbocycles. The molecule has 2 N–H and O–H groups in total. The van der Waals surface area contributed by atoms with E-state index in [9.17, 15) is 15.0 Å². The van der Waals surface area contributed by atoms with Crippen LogP contribution in [-0.2, 0) is 4.79 Å². The van der Waals surface area contributed by atoms with Gasteiger partial charge in [0.05, 0.1) is 18.1 Å². The third-order valence-corrected chi connectivity index (χ3v) is 5.42. The van der Waals surface area contributed by atoms with Gasteiger partial charge in [-0.1, -0.05) is 60.7 Å². The largest absolute Gasteiger partial charge is 0.508 e. The van der Waals surface area contributed by atoms with Crippen molar-refractivity contribution in [1.82, 2.24) is 0 Å². The number of β-lactam (4-membered cyclic amide) rings is 1. The van der Waals surface area contributed by atoms with Gasteiger partial charge >= 0.3 is 0 Å². The van der Waals surface area contributed by atoms with Gasteiger partial charge in [-0.2, -0.15) is 0 Å². The molecule has 1 heterocycles. The normalized spacial score (nSPS) is 19.9. The summed E-state index contributed by atoms with van der Waals surface area (Å²) in [5, 5.41) is 20.1. The molecule has 1 fully saturated rings. The molecule has 4 nitrogen and oxygen atoms in total. The van der Waals surface area contributed by atoms with Crippen LogP contribution in [0.1, 0.15) is 36.1 Å². The van der Waals surface area contributed by atoms with Crippen LogP contribution < -0.4 is 4.90 Å². The molecule has 0 unspecified atom stereocenters. The molecule has 0 bridgehead atoms. The summed E-state index contributed by atoms with van der Waals surface area (Å²) in [6.07, 6.45) is 0.543. The second-order valence-electron chi connectivity index (χ2n) is 7.19. The average molecular weight is 373 g/mol. The molecule has 0 spiro atoms. The number of anilines is 1. The van der Waals surface area contributed by atoms with Gasteiger partial charge in [0.1, 0.15) is 5.75 Å². The quantitative estimate of drug-likeness (QED) is 0.620. The van der Waals surface area contributed by atoms with E-state index in [0.717, 1.165) is 16.8 Å². The smallest absolute Gasteiger partial charge is 0.233 e. The molecule has 1 saturated heterocycles. The SMILES string of the molecule is O=C1[C@H](CC[C@H](O)c2ccccc2)[C@@H](c2ccc(O)cc2)N1c1ccccc1. The van der Waals surface area contributed by atoms with Gasteiger partial charge in [0.25, 0.3) is 0 Å². The first-order valence-corrected chi connectivity index (χ1v) is 9.55. The van der Waals surface area contributed by atoms with E-state index in [1.54, 1.807) is 12.1 Å². The van der Waals surface area contributed by atoms with Crippen LogP contribution in [0.5, 0.6) is 5.75 Å². The summed E-state index contributed by atoms with van der Waals surface area (Å²) in [7, 11) is 0. The van der Waals surface area contributed by atoms with E-state index >= 15 is 0 Å². The van der Waals surface area contributed by atoms with Gasteiger partial charge in [-0.3, -0.25) is 4.79 Å². The first-order valence-electron chi connectivity index (χ1n) is 9.55. The van der Waals surface area contributed by atoms with Gasteiger partial charge in [0.15, 0.2) is 0 Å². The topological polar surface area (TPSA) is 60.8 Å². The van der Waals surface area contributed by atoms with E-state index in [-0.39, 0.29) is 23.6 Å². The molecule has 1 amide bonds. The number of aliphatic hydroxyl groups excluding tert-OH is 1. The summed E-state index contributed by atoms with van der Waals surface area (Å²) in [4.78, 5) is 14.8. The maximum absolute atomic E-state index is 13.0. The number of rotatable bonds is 6. The monoisotopic (exact) mass is 373 g/mol. The Morgan fingerprint density at radius 1 is 0.857 bits per heavy atom. The Labute approximate surface area is 164 Å². The van der Waals surface area contributed by atoms with Gasteiger partial charge < -0.3 is 15.1 Å². The van der Waals surface area contributed by atoms with E-state index in [1.807, 2.05) is 77.7 Å². The second kappa shape index (κ2) is 7.87. The van der Waals surface area contributed by atoms with Crippen LogP contribution in [-0.4, -0.2) is 16.1 Å². The molecule has 1 aliphatic heterocycles. The fraction of sp³-hybridized carbons (Fsp3) is 0.208. The van der Waals surface area contributed by atoms with Crippen LogP contribution in [0.4, 0.5) is 5.69 Å². The number of carbonyl (C=O) groups is 1. The summed E-state index contributed by atoms with van der Waals surface area (Å²) in [5.41, 5.74) is 2.72. The lowest BCUT2D eigenvalue weighted by Gasteiger charge is -2.48. The molecular weight excluding hydrogens is 350 g/mol. The Hall–Kier alpha value is -3.11. The lowest BCUT2D eigenvalue weighted by Crippen LogP contribution is -2.55. The van der Waals surface area contributed by atoms with Gasteiger partial charge in [-0.05, 0) is 48.2 Å². The highest BCUT2D eigenvalue weighted by Gasteiger charge is 2.48. The first kappa shape index (κ1) is 18.3.